The van der Waals surface area contributed by atoms with Crippen LogP contribution in [-0.4, -0.2) is 30.9 Å². The summed E-state index contributed by atoms with van der Waals surface area (Å²) in [5.41, 5.74) is 0.897. The molecule has 3 rings (SSSR count). The van der Waals surface area contributed by atoms with Gasteiger partial charge >= 0.3 is 0 Å². The summed E-state index contributed by atoms with van der Waals surface area (Å²) in [6, 6.07) is 5.20. The summed E-state index contributed by atoms with van der Waals surface area (Å²) >= 11 is 7.15. The van der Waals surface area contributed by atoms with Gasteiger partial charge in [0.05, 0.1) is 22.1 Å². The number of furan rings is 1. The highest BCUT2D eigenvalue weighted by Gasteiger charge is 2.21. The van der Waals surface area contributed by atoms with Gasteiger partial charge in [-0.05, 0) is 39.0 Å². The van der Waals surface area contributed by atoms with E-state index in [4.69, 9.17) is 16.0 Å². The van der Waals surface area contributed by atoms with Crippen molar-refractivity contribution >= 4 is 35.1 Å². The molecule has 0 spiro atoms. The van der Waals surface area contributed by atoms with Gasteiger partial charge in [-0.1, -0.05) is 23.4 Å². The number of nitrogens with one attached hydrogen (secondary N) is 1. The number of aromatic nitrogens is 4. The van der Waals surface area contributed by atoms with Crippen LogP contribution in [0.4, 0.5) is 5.82 Å². The molecule has 0 fully saturated rings. The predicted molar refractivity (Wildman–Crippen MR) is 101 cm³/mol. The molecule has 9 heteroatoms. The molecular weight excluding hydrogens is 374 g/mol. The van der Waals surface area contributed by atoms with Crippen LogP contribution in [-0.2, 0) is 11.3 Å². The minimum atomic E-state index is -0.375. The molecule has 0 aromatic carbocycles. The van der Waals surface area contributed by atoms with Gasteiger partial charge in [0, 0.05) is 12.7 Å². The maximum Gasteiger partial charge on any atom is 0.238 e. The Balaban J connectivity index is 1.74. The van der Waals surface area contributed by atoms with Crippen molar-refractivity contribution in [2.24, 2.45) is 0 Å². The number of carbonyl (C=O) groups is 1. The molecule has 7 nitrogen and oxygen atoms in total. The summed E-state index contributed by atoms with van der Waals surface area (Å²) in [6.07, 6.45) is 3.11. The number of aryl methyl sites for hydroxylation is 1. The topological polar surface area (TPSA) is 85.8 Å². The van der Waals surface area contributed by atoms with E-state index < -0.39 is 0 Å². The third kappa shape index (κ3) is 3.91. The summed E-state index contributed by atoms with van der Waals surface area (Å²) in [5, 5.41) is 12.1. The van der Waals surface area contributed by atoms with E-state index in [-0.39, 0.29) is 11.2 Å². The van der Waals surface area contributed by atoms with Gasteiger partial charge < -0.3 is 14.3 Å². The number of rotatable bonds is 6. The Morgan fingerprint density at radius 3 is 2.81 bits per heavy atom. The molecule has 0 bridgehead atoms. The van der Waals surface area contributed by atoms with Crippen LogP contribution in [0.15, 0.2) is 40.2 Å². The Bertz CT molecular complexity index is 906. The molecule has 3 heterocycles. The first-order valence-corrected chi connectivity index (χ1v) is 9.32. The fraction of sp³-hybridized carbons (Fsp3) is 0.294. The van der Waals surface area contributed by atoms with Crippen molar-refractivity contribution in [1.29, 1.82) is 0 Å². The number of carbonyl (C=O) groups excluding carboxylic acids is 1. The molecule has 1 atom stereocenters. The second kappa shape index (κ2) is 7.92. The lowest BCUT2D eigenvalue weighted by molar-refractivity contribution is -0.115. The second-order valence-electron chi connectivity index (χ2n) is 5.55. The molecule has 0 saturated carbocycles. The first-order chi connectivity index (χ1) is 12.5. The van der Waals surface area contributed by atoms with Crippen LogP contribution >= 0.6 is 23.4 Å². The van der Waals surface area contributed by atoms with Gasteiger partial charge in [-0.2, -0.15) is 0 Å². The molecule has 0 radical (unpaired) electrons. The summed E-state index contributed by atoms with van der Waals surface area (Å²) in [7, 11) is 0. The molecule has 0 aliphatic rings. The van der Waals surface area contributed by atoms with E-state index in [2.05, 4.69) is 20.5 Å². The molecule has 0 aliphatic carbocycles. The molecule has 3 aromatic rings. The zero-order valence-corrected chi connectivity index (χ0v) is 16.1. The normalized spacial score (nSPS) is 12.2. The molecule has 136 valence electrons. The number of thioether (sulfide) groups is 1. The highest BCUT2D eigenvalue weighted by atomic mass is 35.5. The largest absolute Gasteiger partial charge is 0.469 e. The number of pyridine rings is 1. The van der Waals surface area contributed by atoms with E-state index in [1.54, 1.807) is 18.4 Å². The minimum absolute atomic E-state index is 0.170. The summed E-state index contributed by atoms with van der Waals surface area (Å²) in [6.45, 7) is 6.39. The molecule has 3 aromatic heterocycles. The van der Waals surface area contributed by atoms with E-state index in [0.717, 1.165) is 17.1 Å². The zero-order valence-electron chi connectivity index (χ0n) is 14.6. The van der Waals surface area contributed by atoms with Crippen molar-refractivity contribution in [3.63, 3.8) is 0 Å². The first kappa shape index (κ1) is 18.5. The standard InChI is InChI=1S/C17H18ClN5O2S/c1-4-23-15(13-7-8-25-10(13)2)21-22-17(23)26-11(3)16(24)20-14-6-5-12(18)9-19-14/h5-9,11H,4H2,1-3H3,(H,19,20,24)/t11-/m1/s1. The Hall–Kier alpha value is -2.32. The number of halogens is 1. The number of anilines is 1. The van der Waals surface area contributed by atoms with Crippen molar-refractivity contribution in [3.8, 4) is 11.4 Å². The molecule has 1 amide bonds. The lowest BCUT2D eigenvalue weighted by atomic mass is 10.2. The van der Waals surface area contributed by atoms with Gasteiger partial charge in [0.2, 0.25) is 5.91 Å². The van der Waals surface area contributed by atoms with Crippen LogP contribution in [0.2, 0.25) is 5.02 Å². The number of nitrogens with zero attached hydrogens (tertiary/aromatic N) is 4. The van der Waals surface area contributed by atoms with Gasteiger partial charge in [-0.25, -0.2) is 4.98 Å². The highest BCUT2D eigenvalue weighted by molar-refractivity contribution is 8.00. The maximum absolute atomic E-state index is 12.4. The van der Waals surface area contributed by atoms with Gasteiger partial charge in [0.15, 0.2) is 11.0 Å². The minimum Gasteiger partial charge on any atom is -0.469 e. The number of amides is 1. The zero-order chi connectivity index (χ0) is 18.7. The summed E-state index contributed by atoms with van der Waals surface area (Å²) in [5.74, 6) is 1.80. The first-order valence-electron chi connectivity index (χ1n) is 8.06. The monoisotopic (exact) mass is 391 g/mol. The van der Waals surface area contributed by atoms with Gasteiger partial charge in [0.25, 0.3) is 0 Å². The average molecular weight is 392 g/mol. The van der Waals surface area contributed by atoms with Gasteiger partial charge in [0.1, 0.15) is 11.6 Å². The average Bonchev–Trinajstić information content (AvgIpc) is 3.22. The molecule has 0 aliphatic heterocycles. The maximum atomic E-state index is 12.4. The van der Waals surface area contributed by atoms with Crippen molar-refractivity contribution < 1.29 is 9.21 Å². The van der Waals surface area contributed by atoms with E-state index in [1.807, 2.05) is 31.4 Å². The smallest absolute Gasteiger partial charge is 0.238 e. The Morgan fingerprint density at radius 2 is 2.19 bits per heavy atom. The SMILES string of the molecule is CCn1c(S[C@H](C)C(=O)Nc2ccc(Cl)cn2)nnc1-c1ccoc1C. The summed E-state index contributed by atoms with van der Waals surface area (Å²) < 4.78 is 7.32. The highest BCUT2D eigenvalue weighted by Crippen LogP contribution is 2.29. The summed E-state index contributed by atoms with van der Waals surface area (Å²) in [4.78, 5) is 16.5. The van der Waals surface area contributed by atoms with Gasteiger partial charge in [-0.15, -0.1) is 10.2 Å². The van der Waals surface area contributed by atoms with Crippen molar-refractivity contribution in [1.82, 2.24) is 19.7 Å². The van der Waals surface area contributed by atoms with Crippen LogP contribution in [0.1, 0.15) is 19.6 Å². The second-order valence-corrected chi connectivity index (χ2v) is 7.30. The van der Waals surface area contributed by atoms with Gasteiger partial charge in [-0.3, -0.25) is 4.79 Å². The lowest BCUT2D eigenvalue weighted by Gasteiger charge is -2.12. The van der Waals surface area contributed by atoms with Crippen LogP contribution < -0.4 is 5.32 Å². The van der Waals surface area contributed by atoms with Crippen molar-refractivity contribution in [2.45, 2.75) is 37.7 Å². The molecule has 26 heavy (non-hydrogen) atoms. The van der Waals surface area contributed by atoms with E-state index in [0.29, 0.717) is 22.5 Å². The van der Waals surface area contributed by atoms with Crippen LogP contribution in [0.3, 0.4) is 0 Å². The molecule has 0 unspecified atom stereocenters. The molecular formula is C17H18ClN5O2S. The molecule has 1 N–H and O–H groups in total. The molecule has 0 saturated heterocycles. The predicted octanol–water partition coefficient (Wildman–Crippen LogP) is 4.03. The van der Waals surface area contributed by atoms with Crippen molar-refractivity contribution in [3.05, 3.63) is 41.4 Å². The van der Waals surface area contributed by atoms with E-state index in [1.165, 1.54) is 18.0 Å². The number of hydrogen-bond acceptors (Lipinski definition) is 6. The Morgan fingerprint density at radius 1 is 1.38 bits per heavy atom. The Kier molecular flexibility index (Phi) is 5.63. The van der Waals surface area contributed by atoms with Crippen molar-refractivity contribution in [2.75, 3.05) is 5.32 Å². The fourth-order valence-electron chi connectivity index (χ4n) is 2.37. The van der Waals surface area contributed by atoms with Crippen LogP contribution in [0.5, 0.6) is 0 Å². The quantitative estimate of drug-likeness (QED) is 0.638. The van der Waals surface area contributed by atoms with E-state index >= 15 is 0 Å². The van der Waals surface area contributed by atoms with Crippen LogP contribution in [0, 0.1) is 6.92 Å². The Labute approximate surface area is 160 Å². The van der Waals surface area contributed by atoms with Crippen LogP contribution in [0.25, 0.3) is 11.4 Å². The third-order valence-corrected chi connectivity index (χ3v) is 5.07. The third-order valence-electron chi connectivity index (χ3n) is 3.76. The fourth-order valence-corrected chi connectivity index (χ4v) is 3.39. The number of hydrogen-bond donors (Lipinski definition) is 1. The lowest BCUT2D eigenvalue weighted by Crippen LogP contribution is -2.23. The van der Waals surface area contributed by atoms with E-state index in [9.17, 15) is 4.79 Å².